The predicted molar refractivity (Wildman–Crippen MR) is 21.7 cm³/mol. The van der Waals surface area contributed by atoms with Crippen molar-refractivity contribution in [1.29, 1.82) is 0 Å². The Bertz CT molecular complexity index is 57.2. The van der Waals surface area contributed by atoms with Crippen molar-refractivity contribution >= 4 is 0 Å². The van der Waals surface area contributed by atoms with Crippen LogP contribution in [0.5, 0.6) is 0 Å². The maximum atomic E-state index is 8.58. The third-order valence-corrected chi connectivity index (χ3v) is 0. The van der Waals surface area contributed by atoms with Crippen LogP contribution in [0.2, 0.25) is 0 Å². The summed E-state index contributed by atoms with van der Waals surface area (Å²) in [6.45, 7) is 0. The molecule has 0 heterocycles. The molecule has 0 radical (unpaired) electrons. The molecule has 0 atom stereocenters. The third kappa shape index (κ3) is 4690. The van der Waals surface area contributed by atoms with Crippen LogP contribution in [0.4, 0.5) is 0 Å². The largest absolute Gasteiger partial charge is 2.00 e. The summed E-state index contributed by atoms with van der Waals surface area (Å²) in [6, 6.07) is 0. The summed E-state index contributed by atoms with van der Waals surface area (Å²) in [4.78, 5) is 0. The molecule has 0 aromatic heterocycles. The quantitative estimate of drug-likeness (QED) is 0.315. The van der Waals surface area contributed by atoms with E-state index in [4.69, 9.17) is 33.6 Å². The van der Waals surface area contributed by atoms with Crippen molar-refractivity contribution in [2.24, 2.45) is 0 Å². The van der Waals surface area contributed by atoms with E-state index in [1.165, 1.54) is 0 Å². The number of halogens is 2. The van der Waals surface area contributed by atoms with Gasteiger partial charge in [0.05, 0.1) is 28.2 Å². The molecule has 0 bridgehead atoms. The Morgan fingerprint density at radius 1 is 0.353 bits per heavy atom. The second-order valence-corrected chi connectivity index (χ2v) is 3.93. The first-order valence-corrected chi connectivity index (χ1v) is 6.41. The Morgan fingerprint density at radius 2 is 0.353 bits per heavy atom. The molecule has 14 nitrogen and oxygen atoms in total. The summed E-state index contributed by atoms with van der Waals surface area (Å²) in [5.41, 5.74) is 0. The normalized spacial score (nSPS) is 7.06. The fraction of sp³-hybridized carbons (Fsp3) is 0. The zero-order valence-corrected chi connectivity index (χ0v) is 11.5. The van der Waals surface area contributed by atoms with Crippen LogP contribution in [0.15, 0.2) is 0 Å². The minimum absolute atomic E-state index is 0. The van der Waals surface area contributed by atoms with Gasteiger partial charge in [-0.15, -0.1) is 0 Å². The second-order valence-electron chi connectivity index (χ2n) is 0.756. The fourth-order valence-electron chi connectivity index (χ4n) is 0. The molecular weight excluding hydrogens is 442 g/mol. The Labute approximate surface area is 111 Å². The van der Waals surface area contributed by atoms with E-state index in [0.29, 0.717) is 0 Å². The van der Waals surface area contributed by atoms with Crippen LogP contribution < -0.4 is 33.6 Å². The van der Waals surface area contributed by atoms with Gasteiger partial charge < -0.3 is 32.9 Å². The van der Waals surface area contributed by atoms with Gasteiger partial charge in [0.2, 0.25) is 0 Å². The molecule has 120 valence electrons. The molecule has 12 N–H and O–H groups in total. The van der Waals surface area contributed by atoms with E-state index in [1.807, 2.05) is 0 Å². The maximum Gasteiger partial charge on any atom is 2.00 e. The monoisotopic (exact) mass is 452 g/mol. The average molecular weight is 455 g/mol. The molecule has 0 amide bonds. The van der Waals surface area contributed by atoms with Crippen molar-refractivity contribution in [2.45, 2.75) is 0 Å². The van der Waals surface area contributed by atoms with Crippen LogP contribution in [0.25, 0.3) is 0 Å². The molecule has 0 spiro atoms. The molecule has 0 aliphatic rings. The van der Waals surface area contributed by atoms with Gasteiger partial charge in [-0.05, 0) is 0 Å². The molecule has 0 aliphatic carbocycles. The molecule has 0 aromatic carbocycles. The first-order chi connectivity index (χ1) is 4.00. The summed E-state index contributed by atoms with van der Waals surface area (Å²) in [5.74, 6) is 0. The molecule has 17 heteroatoms. The third-order valence-electron chi connectivity index (χ3n) is 0. The van der Waals surface area contributed by atoms with Crippen molar-refractivity contribution < 1.29 is 111 Å². The van der Waals surface area contributed by atoms with Gasteiger partial charge in [0.25, 0.3) is 0 Å². The Kier molecular flexibility index (Phi) is 97.5. The zero-order chi connectivity index (χ0) is 9.00. The SMILES string of the molecule is O.O.O.O.O.O.[Ni+2].[O-][Br+3]([O-])([O-])[O-].[O-][Br+3]([O-])([O-])[O-]. The van der Waals surface area contributed by atoms with Gasteiger partial charge in [-0.1, -0.05) is 0 Å². The van der Waals surface area contributed by atoms with E-state index < -0.39 is 28.2 Å². The van der Waals surface area contributed by atoms with Crippen LogP contribution in [0, 0.1) is 28.2 Å². The van der Waals surface area contributed by atoms with E-state index >= 15 is 0 Å². The smallest absolute Gasteiger partial charge is 0.412 e. The molecule has 0 unspecified atom stereocenters. The standard InChI is InChI=1S/2BrO4.Ni.6H2O/c2*2-1(3,4)5;;;;;;;/h;;;6*1H2/q2*-1;+2;;;;;;. The summed E-state index contributed by atoms with van der Waals surface area (Å²) >= 11 is -11.2. The Hall–Kier alpha value is 0.894. The van der Waals surface area contributed by atoms with Gasteiger partial charge in [-0.2, -0.15) is 0 Å². The van der Waals surface area contributed by atoms with Crippen molar-refractivity contribution in [3.8, 4) is 0 Å². The van der Waals surface area contributed by atoms with E-state index in [9.17, 15) is 0 Å². The van der Waals surface area contributed by atoms with Crippen molar-refractivity contribution in [2.75, 3.05) is 0 Å². The van der Waals surface area contributed by atoms with Crippen LogP contribution in [0.1, 0.15) is 0 Å². The van der Waals surface area contributed by atoms with Crippen molar-refractivity contribution in [3.63, 3.8) is 0 Å². The molecule has 0 fully saturated rings. The topological polar surface area (TPSA) is 373 Å². The van der Waals surface area contributed by atoms with Gasteiger partial charge in [-0.3, -0.25) is 33.6 Å². The fourth-order valence-corrected chi connectivity index (χ4v) is 0. The summed E-state index contributed by atoms with van der Waals surface area (Å²) < 4.78 is 68.6. The van der Waals surface area contributed by atoms with E-state index in [1.54, 1.807) is 0 Å². The molecule has 17 heavy (non-hydrogen) atoms. The minimum atomic E-state index is -5.62. The Balaban J connectivity index is -0.00000000762. The van der Waals surface area contributed by atoms with Gasteiger partial charge >= 0.3 is 16.5 Å². The molecule has 0 saturated heterocycles. The van der Waals surface area contributed by atoms with E-state index in [-0.39, 0.29) is 49.3 Å². The van der Waals surface area contributed by atoms with Gasteiger partial charge in [-0.25, -0.2) is 0 Å². The van der Waals surface area contributed by atoms with Gasteiger partial charge in [0.15, 0.2) is 0 Å². The van der Waals surface area contributed by atoms with Gasteiger partial charge in [0, 0.05) is 0 Å². The van der Waals surface area contributed by atoms with Crippen LogP contribution in [-0.2, 0) is 16.5 Å². The molecule has 0 aromatic rings. The first kappa shape index (κ1) is 64.6. The maximum absolute atomic E-state index is 8.58. The number of hydrogen-bond donors (Lipinski definition) is 0. The van der Waals surface area contributed by atoms with Crippen LogP contribution in [0.3, 0.4) is 0 Å². The molecular formula is H12Br2NiO14. The van der Waals surface area contributed by atoms with Crippen molar-refractivity contribution in [1.82, 2.24) is 0 Å². The molecule has 0 saturated carbocycles. The van der Waals surface area contributed by atoms with Crippen molar-refractivity contribution in [3.05, 3.63) is 0 Å². The van der Waals surface area contributed by atoms with E-state index in [2.05, 4.69) is 0 Å². The Morgan fingerprint density at radius 3 is 0.353 bits per heavy atom. The van der Waals surface area contributed by atoms with Gasteiger partial charge in [0.1, 0.15) is 0 Å². The van der Waals surface area contributed by atoms with Crippen LogP contribution in [-0.4, -0.2) is 32.9 Å². The summed E-state index contributed by atoms with van der Waals surface area (Å²) in [6.07, 6.45) is 0. The average Bonchev–Trinajstić information content (AvgIpc) is 1.12. The van der Waals surface area contributed by atoms with E-state index in [0.717, 1.165) is 0 Å². The molecule has 0 rings (SSSR count). The molecule has 0 aliphatic heterocycles. The summed E-state index contributed by atoms with van der Waals surface area (Å²) in [5, 5.41) is 0. The van der Waals surface area contributed by atoms with Crippen LogP contribution >= 0.6 is 0 Å². The first-order valence-electron chi connectivity index (χ1n) is 1.23. The summed E-state index contributed by atoms with van der Waals surface area (Å²) in [7, 11) is 0. The second kappa shape index (κ2) is 25.7. The zero-order valence-electron chi connectivity index (χ0n) is 7.34. The number of hydrogen-bond acceptors (Lipinski definition) is 8. The number of rotatable bonds is 0. The minimum Gasteiger partial charge on any atom is -0.412 e. The predicted octanol–water partition coefficient (Wildman–Crippen LogP) is -14.5.